The van der Waals surface area contributed by atoms with Gasteiger partial charge in [0.15, 0.2) is 5.58 Å². The summed E-state index contributed by atoms with van der Waals surface area (Å²) >= 11 is 0. The van der Waals surface area contributed by atoms with Crippen LogP contribution >= 0.6 is 0 Å². The lowest BCUT2D eigenvalue weighted by molar-refractivity contribution is -0.141. The van der Waals surface area contributed by atoms with Gasteiger partial charge in [0.05, 0.1) is 25.4 Å². The molecule has 0 spiro atoms. The van der Waals surface area contributed by atoms with Gasteiger partial charge in [-0.25, -0.2) is 4.79 Å². The van der Waals surface area contributed by atoms with E-state index in [9.17, 15) is 9.59 Å². The number of fused-ring (bicyclic) bond motifs is 1. The molecule has 2 aliphatic rings. The van der Waals surface area contributed by atoms with Gasteiger partial charge in [0, 0.05) is 32.1 Å². The monoisotopic (exact) mass is 345 g/mol. The molecule has 0 unspecified atom stereocenters. The minimum absolute atomic E-state index is 0.0900. The first-order chi connectivity index (χ1) is 12.2. The summed E-state index contributed by atoms with van der Waals surface area (Å²) in [5.41, 5.74) is 1.43. The van der Waals surface area contributed by atoms with Crippen molar-refractivity contribution in [3.8, 4) is 0 Å². The first-order valence-corrected chi connectivity index (χ1v) is 8.89. The number of para-hydroxylation sites is 2. The molecule has 0 atom stereocenters. The third kappa shape index (κ3) is 3.34. The van der Waals surface area contributed by atoms with Crippen molar-refractivity contribution < 1.29 is 13.9 Å². The summed E-state index contributed by atoms with van der Waals surface area (Å²) in [5, 5.41) is 0. The Labute approximate surface area is 145 Å². The maximum atomic E-state index is 12.6. The predicted octanol–water partition coefficient (Wildman–Crippen LogP) is 1.12. The molecule has 2 aromatic rings. The topological polar surface area (TPSA) is 67.9 Å². The largest absolute Gasteiger partial charge is 0.421 e. The molecule has 0 saturated carbocycles. The van der Waals surface area contributed by atoms with Crippen molar-refractivity contribution in [2.45, 2.75) is 19.5 Å². The first-order valence-electron chi connectivity index (χ1n) is 8.89. The number of amides is 1. The van der Waals surface area contributed by atoms with Crippen LogP contribution in [0.25, 0.3) is 11.1 Å². The molecule has 1 aromatic carbocycles. The van der Waals surface area contributed by atoms with Crippen molar-refractivity contribution in [2.75, 3.05) is 39.4 Å². The van der Waals surface area contributed by atoms with Crippen LogP contribution in [0.1, 0.15) is 12.8 Å². The number of benzene rings is 1. The van der Waals surface area contributed by atoms with Crippen molar-refractivity contribution in [3.63, 3.8) is 0 Å². The van der Waals surface area contributed by atoms with Gasteiger partial charge in [-0.3, -0.25) is 14.3 Å². The van der Waals surface area contributed by atoms with E-state index in [4.69, 9.17) is 9.15 Å². The second-order valence-electron chi connectivity index (χ2n) is 6.74. The van der Waals surface area contributed by atoms with Crippen LogP contribution in [0.2, 0.25) is 0 Å². The van der Waals surface area contributed by atoms with Crippen LogP contribution in [-0.4, -0.2) is 59.7 Å². The highest BCUT2D eigenvalue weighted by atomic mass is 16.5. The van der Waals surface area contributed by atoms with Gasteiger partial charge in [0.1, 0.15) is 0 Å². The summed E-state index contributed by atoms with van der Waals surface area (Å²) < 4.78 is 12.3. The number of carbonyl (C=O) groups is 1. The van der Waals surface area contributed by atoms with Crippen LogP contribution in [-0.2, 0) is 16.2 Å². The maximum absolute atomic E-state index is 12.6. The smallest absolute Gasteiger partial charge is 0.408 e. The molecule has 3 heterocycles. The molecule has 2 aliphatic heterocycles. The fraction of sp³-hybridized carbons (Fsp3) is 0.556. The molecular weight excluding hydrogens is 322 g/mol. The fourth-order valence-electron chi connectivity index (χ4n) is 3.71. The second-order valence-corrected chi connectivity index (χ2v) is 6.74. The third-order valence-electron chi connectivity index (χ3n) is 5.17. The fourth-order valence-corrected chi connectivity index (χ4v) is 3.71. The minimum atomic E-state index is -0.326. The molecule has 0 radical (unpaired) electrons. The standard InChI is InChI=1S/C18H23N3O4/c22-17(20-9-11-24-12-10-20)14-5-7-19(8-6-14)13-21-15-3-1-2-4-16(15)25-18(21)23/h1-4,14H,5-13H2. The lowest BCUT2D eigenvalue weighted by atomic mass is 9.95. The minimum Gasteiger partial charge on any atom is -0.408 e. The number of morpholine rings is 1. The molecule has 2 fully saturated rings. The SMILES string of the molecule is O=C(C1CCN(Cn2c(=O)oc3ccccc32)CC1)N1CCOCC1. The Morgan fingerprint density at radius 3 is 2.56 bits per heavy atom. The quantitative estimate of drug-likeness (QED) is 0.834. The number of likely N-dealkylation sites (tertiary alicyclic amines) is 1. The zero-order valence-electron chi connectivity index (χ0n) is 14.2. The Morgan fingerprint density at radius 2 is 1.80 bits per heavy atom. The number of piperidine rings is 1. The van der Waals surface area contributed by atoms with E-state index in [1.807, 2.05) is 23.1 Å². The molecule has 0 aliphatic carbocycles. The van der Waals surface area contributed by atoms with E-state index in [2.05, 4.69) is 4.90 Å². The van der Waals surface area contributed by atoms with Gasteiger partial charge in [-0.2, -0.15) is 0 Å². The number of rotatable bonds is 3. The summed E-state index contributed by atoms with van der Waals surface area (Å²) in [6, 6.07) is 7.47. The summed E-state index contributed by atoms with van der Waals surface area (Å²) in [7, 11) is 0. The lowest BCUT2D eigenvalue weighted by Gasteiger charge is -2.35. The van der Waals surface area contributed by atoms with Crippen LogP contribution < -0.4 is 5.76 Å². The van der Waals surface area contributed by atoms with Crippen molar-refractivity contribution in [1.29, 1.82) is 0 Å². The second kappa shape index (κ2) is 7.01. The van der Waals surface area contributed by atoms with E-state index < -0.39 is 0 Å². The molecule has 0 N–H and O–H groups in total. The number of hydrogen-bond donors (Lipinski definition) is 0. The zero-order chi connectivity index (χ0) is 17.2. The van der Waals surface area contributed by atoms with E-state index in [0.29, 0.717) is 38.6 Å². The number of aromatic nitrogens is 1. The number of hydrogen-bond acceptors (Lipinski definition) is 5. The van der Waals surface area contributed by atoms with Crippen LogP contribution in [0.4, 0.5) is 0 Å². The van der Waals surface area contributed by atoms with Crippen molar-refractivity contribution >= 4 is 17.0 Å². The van der Waals surface area contributed by atoms with Gasteiger partial charge in [0.25, 0.3) is 0 Å². The first kappa shape index (κ1) is 16.4. The number of carbonyl (C=O) groups excluding carboxylic acids is 1. The third-order valence-corrected chi connectivity index (χ3v) is 5.17. The number of ether oxygens (including phenoxy) is 1. The molecule has 134 valence electrons. The Bertz CT molecular complexity index is 798. The summed E-state index contributed by atoms with van der Waals surface area (Å²) in [5.74, 6) is 0.0220. The zero-order valence-corrected chi connectivity index (χ0v) is 14.2. The lowest BCUT2D eigenvalue weighted by Crippen LogP contribution is -2.47. The van der Waals surface area contributed by atoms with Crippen molar-refractivity contribution in [2.24, 2.45) is 5.92 Å². The van der Waals surface area contributed by atoms with E-state index >= 15 is 0 Å². The summed E-state index contributed by atoms with van der Waals surface area (Å²) in [6.07, 6.45) is 1.67. The normalized spacial score (nSPS) is 20.2. The Morgan fingerprint density at radius 1 is 1.08 bits per heavy atom. The highest BCUT2D eigenvalue weighted by Gasteiger charge is 2.29. The van der Waals surface area contributed by atoms with Crippen LogP contribution in [0, 0.1) is 5.92 Å². The molecule has 2 saturated heterocycles. The molecular formula is C18H23N3O4. The van der Waals surface area contributed by atoms with Gasteiger partial charge < -0.3 is 14.1 Å². The van der Waals surface area contributed by atoms with Crippen LogP contribution in [0.3, 0.4) is 0 Å². The highest BCUT2D eigenvalue weighted by molar-refractivity contribution is 5.79. The van der Waals surface area contributed by atoms with Gasteiger partial charge in [-0.1, -0.05) is 12.1 Å². The molecule has 1 amide bonds. The Balaban J connectivity index is 1.38. The number of nitrogens with zero attached hydrogens (tertiary/aromatic N) is 3. The van der Waals surface area contributed by atoms with Crippen molar-refractivity contribution in [3.05, 3.63) is 34.8 Å². The number of oxazole rings is 1. The van der Waals surface area contributed by atoms with E-state index in [1.165, 1.54) is 0 Å². The average Bonchev–Trinajstić information content (AvgIpc) is 2.98. The molecule has 1 aromatic heterocycles. The van der Waals surface area contributed by atoms with Gasteiger partial charge >= 0.3 is 5.76 Å². The van der Waals surface area contributed by atoms with Gasteiger partial charge in [-0.15, -0.1) is 0 Å². The van der Waals surface area contributed by atoms with E-state index in [0.717, 1.165) is 31.4 Å². The Hall–Kier alpha value is -2.12. The van der Waals surface area contributed by atoms with Crippen LogP contribution in [0.5, 0.6) is 0 Å². The van der Waals surface area contributed by atoms with Gasteiger partial charge in [0.2, 0.25) is 5.91 Å². The molecule has 7 nitrogen and oxygen atoms in total. The Kier molecular flexibility index (Phi) is 4.59. The van der Waals surface area contributed by atoms with E-state index in [-0.39, 0.29) is 17.6 Å². The highest BCUT2D eigenvalue weighted by Crippen LogP contribution is 2.21. The van der Waals surface area contributed by atoms with Crippen LogP contribution in [0.15, 0.2) is 33.5 Å². The predicted molar refractivity (Wildman–Crippen MR) is 92.2 cm³/mol. The molecule has 4 rings (SSSR count). The summed E-state index contributed by atoms with van der Waals surface area (Å²) in [6.45, 7) is 4.82. The molecule has 25 heavy (non-hydrogen) atoms. The maximum Gasteiger partial charge on any atom is 0.421 e. The molecule has 7 heteroatoms. The van der Waals surface area contributed by atoms with Gasteiger partial charge in [-0.05, 0) is 25.0 Å². The van der Waals surface area contributed by atoms with Crippen molar-refractivity contribution in [1.82, 2.24) is 14.4 Å². The summed E-state index contributed by atoms with van der Waals surface area (Å²) in [4.78, 5) is 28.8. The average molecular weight is 345 g/mol. The molecule has 0 bridgehead atoms. The van der Waals surface area contributed by atoms with E-state index in [1.54, 1.807) is 10.6 Å².